The number of hydrogen-bond acceptors (Lipinski definition) is 8. The minimum absolute atomic E-state index is 0.0766. The van der Waals surface area contributed by atoms with Crippen molar-refractivity contribution in [2.75, 3.05) is 29.9 Å². The molecule has 0 saturated heterocycles. The zero-order valence-corrected chi connectivity index (χ0v) is 22.5. The van der Waals surface area contributed by atoms with E-state index in [1.165, 1.54) is 12.3 Å². The summed E-state index contributed by atoms with van der Waals surface area (Å²) >= 11 is 7.65. The molecule has 14 heteroatoms. The summed E-state index contributed by atoms with van der Waals surface area (Å²) in [6.07, 6.45) is 3.31. The summed E-state index contributed by atoms with van der Waals surface area (Å²) in [6.45, 7) is 2.58. The van der Waals surface area contributed by atoms with Gasteiger partial charge in [-0.15, -0.1) is 0 Å². The Bertz CT molecular complexity index is 1480. The molecule has 1 atom stereocenters. The molecule has 1 amide bonds. The first kappa shape index (κ1) is 25.7. The Labute approximate surface area is 222 Å². The van der Waals surface area contributed by atoms with Crippen molar-refractivity contribution in [1.29, 1.82) is 0 Å². The molecule has 0 aliphatic carbocycles. The predicted octanol–water partition coefficient (Wildman–Crippen LogP) is 3.06. The summed E-state index contributed by atoms with van der Waals surface area (Å²) in [5.74, 6) is 0.218. The highest BCUT2D eigenvalue weighted by Gasteiger charge is 2.39. The van der Waals surface area contributed by atoms with E-state index in [4.69, 9.17) is 21.3 Å². The number of hydrogen-bond donors (Lipinski definition) is 1. The minimum Gasteiger partial charge on any atom is -0.480 e. The third-order valence-electron chi connectivity index (χ3n) is 6.12. The van der Waals surface area contributed by atoms with Crippen molar-refractivity contribution in [3.63, 3.8) is 0 Å². The van der Waals surface area contributed by atoms with Gasteiger partial charge in [0.25, 0.3) is 5.91 Å². The van der Waals surface area contributed by atoms with Gasteiger partial charge in [-0.1, -0.05) is 36.4 Å². The van der Waals surface area contributed by atoms with Crippen LogP contribution in [0.3, 0.4) is 0 Å². The zero-order chi connectivity index (χ0) is 26.3. The fourth-order valence-corrected chi connectivity index (χ4v) is 6.13. The maximum absolute atomic E-state index is 15.2. The summed E-state index contributed by atoms with van der Waals surface area (Å²) < 4.78 is 48.2. The molecule has 2 aliphatic rings. The van der Waals surface area contributed by atoms with E-state index in [2.05, 4.69) is 19.3 Å². The first-order valence-corrected chi connectivity index (χ1v) is 14.8. The van der Waals surface area contributed by atoms with Crippen LogP contribution in [-0.4, -0.2) is 63.9 Å². The average Bonchev–Trinajstić information content (AvgIpc) is 3.43. The molecule has 3 aromatic rings. The molecule has 2 aliphatic heterocycles. The summed E-state index contributed by atoms with van der Waals surface area (Å²) in [5.41, 5.74) is 2.46. The van der Waals surface area contributed by atoms with E-state index in [0.29, 0.717) is 30.6 Å². The van der Waals surface area contributed by atoms with E-state index in [9.17, 15) is 13.2 Å². The molecule has 5 rings (SSSR count). The largest absolute Gasteiger partial charge is 0.480 e. The van der Waals surface area contributed by atoms with Crippen LogP contribution in [0.25, 0.3) is 0 Å². The molecule has 2 aromatic heterocycles. The molecule has 10 nitrogen and oxygen atoms in total. The van der Waals surface area contributed by atoms with Crippen molar-refractivity contribution < 1.29 is 22.3 Å². The SMILES string of the molecule is CCc1nc(NS(C)(=O)=O)ncc1OCC(=O)N1CCc2nc3n(c2C1c1ccc(Cl)cc1F)CCS3. The molecule has 1 aromatic carbocycles. The molecule has 196 valence electrons. The Morgan fingerprint density at radius 1 is 1.32 bits per heavy atom. The van der Waals surface area contributed by atoms with E-state index in [1.54, 1.807) is 28.8 Å². The number of imidazole rings is 1. The van der Waals surface area contributed by atoms with Crippen LogP contribution in [0.2, 0.25) is 5.02 Å². The summed E-state index contributed by atoms with van der Waals surface area (Å²) in [7, 11) is -3.54. The number of anilines is 1. The standard InChI is InChI=1S/C23H24ClFN6O4S2/c1-3-16-18(11-26-22(27-16)29-37(2,33)34)35-12-19(32)30-7-6-17-21(31-8-9-36-23(31)28-17)20(30)14-5-4-13(24)10-15(14)25/h4-5,10-11,20H,3,6-9,12H2,1-2H3,(H,26,27,29). The van der Waals surface area contributed by atoms with Gasteiger partial charge in [-0.05, 0) is 18.6 Å². The smallest absolute Gasteiger partial charge is 0.261 e. The van der Waals surface area contributed by atoms with Crippen LogP contribution in [0, 0.1) is 5.82 Å². The van der Waals surface area contributed by atoms with Gasteiger partial charge in [0.2, 0.25) is 16.0 Å². The Balaban J connectivity index is 1.43. The number of aromatic nitrogens is 4. The molecule has 4 heterocycles. The van der Waals surface area contributed by atoms with Crippen molar-refractivity contribution in [1.82, 2.24) is 24.4 Å². The fourth-order valence-electron chi connectivity index (χ4n) is 4.56. The van der Waals surface area contributed by atoms with Crippen molar-refractivity contribution in [2.45, 2.75) is 37.5 Å². The van der Waals surface area contributed by atoms with E-state index in [0.717, 1.165) is 35.1 Å². The molecule has 37 heavy (non-hydrogen) atoms. The number of aryl methyl sites for hydroxylation is 1. The Hall–Kier alpha value is -2.90. The molecule has 0 fully saturated rings. The average molecular weight is 567 g/mol. The Morgan fingerprint density at radius 2 is 2.14 bits per heavy atom. The Kier molecular flexibility index (Phi) is 7.03. The fraction of sp³-hybridized carbons (Fsp3) is 0.391. The van der Waals surface area contributed by atoms with Gasteiger partial charge >= 0.3 is 0 Å². The summed E-state index contributed by atoms with van der Waals surface area (Å²) in [5, 5.41) is 1.15. The quantitative estimate of drug-likeness (QED) is 0.463. The summed E-state index contributed by atoms with van der Waals surface area (Å²) in [6, 6.07) is 3.79. The predicted molar refractivity (Wildman–Crippen MR) is 137 cm³/mol. The molecule has 1 unspecified atom stereocenters. The maximum Gasteiger partial charge on any atom is 0.261 e. The van der Waals surface area contributed by atoms with Crippen molar-refractivity contribution in [2.24, 2.45) is 0 Å². The highest BCUT2D eigenvalue weighted by molar-refractivity contribution is 7.99. The Morgan fingerprint density at radius 3 is 2.86 bits per heavy atom. The first-order chi connectivity index (χ1) is 17.6. The lowest BCUT2D eigenvalue weighted by Crippen LogP contribution is -2.44. The van der Waals surface area contributed by atoms with E-state index in [-0.39, 0.29) is 29.2 Å². The van der Waals surface area contributed by atoms with Gasteiger partial charge < -0.3 is 14.2 Å². The molecular weight excluding hydrogens is 543 g/mol. The number of ether oxygens (including phenoxy) is 1. The topological polar surface area (TPSA) is 119 Å². The van der Waals surface area contributed by atoms with Gasteiger partial charge in [0.05, 0.1) is 29.5 Å². The van der Waals surface area contributed by atoms with Crippen LogP contribution < -0.4 is 9.46 Å². The highest BCUT2D eigenvalue weighted by atomic mass is 35.5. The molecule has 0 bridgehead atoms. The second-order valence-electron chi connectivity index (χ2n) is 8.65. The van der Waals surface area contributed by atoms with Crippen molar-refractivity contribution in [3.05, 3.63) is 57.9 Å². The van der Waals surface area contributed by atoms with Crippen LogP contribution >= 0.6 is 23.4 Å². The first-order valence-electron chi connectivity index (χ1n) is 11.6. The van der Waals surface area contributed by atoms with Crippen LogP contribution in [0.5, 0.6) is 5.75 Å². The van der Waals surface area contributed by atoms with E-state index in [1.807, 2.05) is 6.92 Å². The highest BCUT2D eigenvalue weighted by Crippen LogP contribution is 2.41. The number of sulfonamides is 1. The number of halogens is 2. The van der Waals surface area contributed by atoms with Gasteiger partial charge in [0.15, 0.2) is 17.5 Å². The van der Waals surface area contributed by atoms with Crippen LogP contribution in [0.1, 0.15) is 35.6 Å². The van der Waals surface area contributed by atoms with Gasteiger partial charge in [0, 0.05) is 35.8 Å². The zero-order valence-electron chi connectivity index (χ0n) is 20.1. The van der Waals surface area contributed by atoms with Crippen molar-refractivity contribution >= 4 is 45.2 Å². The molecule has 0 saturated carbocycles. The number of carbonyl (C=O) groups excluding carboxylic acids is 1. The molecule has 0 spiro atoms. The monoisotopic (exact) mass is 566 g/mol. The molecule has 0 radical (unpaired) electrons. The van der Waals surface area contributed by atoms with Gasteiger partial charge in [0.1, 0.15) is 11.9 Å². The normalized spacial score (nSPS) is 16.9. The number of benzene rings is 1. The number of amides is 1. The lowest BCUT2D eigenvalue weighted by atomic mass is 9.94. The van der Waals surface area contributed by atoms with E-state index >= 15 is 4.39 Å². The summed E-state index contributed by atoms with van der Waals surface area (Å²) in [4.78, 5) is 28.0. The number of rotatable bonds is 7. The second kappa shape index (κ2) is 10.1. The lowest BCUT2D eigenvalue weighted by Gasteiger charge is -2.36. The number of nitrogens with zero attached hydrogens (tertiary/aromatic N) is 5. The number of fused-ring (bicyclic) bond motifs is 3. The van der Waals surface area contributed by atoms with Gasteiger partial charge in [-0.2, -0.15) is 0 Å². The third kappa shape index (κ3) is 5.25. The molecule has 1 N–H and O–H groups in total. The lowest BCUT2D eigenvalue weighted by molar-refractivity contribution is -0.135. The minimum atomic E-state index is -3.54. The van der Waals surface area contributed by atoms with Crippen molar-refractivity contribution in [3.8, 4) is 5.75 Å². The maximum atomic E-state index is 15.2. The second-order valence-corrected chi connectivity index (χ2v) is 11.9. The van der Waals surface area contributed by atoms with Gasteiger partial charge in [-0.25, -0.2) is 27.8 Å². The van der Waals surface area contributed by atoms with Crippen LogP contribution in [0.4, 0.5) is 10.3 Å². The molecular formula is C23H24ClFN6O4S2. The van der Waals surface area contributed by atoms with Crippen LogP contribution in [0.15, 0.2) is 29.6 Å². The van der Waals surface area contributed by atoms with Gasteiger partial charge in [-0.3, -0.25) is 9.52 Å². The number of nitrogens with one attached hydrogen (secondary N) is 1. The third-order valence-corrected chi connectivity index (χ3v) is 7.87. The van der Waals surface area contributed by atoms with Crippen LogP contribution in [-0.2, 0) is 34.2 Å². The number of thioether (sulfide) groups is 1. The number of carbonyl (C=O) groups is 1. The van der Waals surface area contributed by atoms with E-state index < -0.39 is 21.9 Å².